The Morgan fingerprint density at radius 3 is 2.82 bits per heavy atom. The standard InChI is InChI=1S/C15H26O2/c1-12-5-2-6-13(11-12)15(16)9-3-7-14-8-4-10-17-14/h12-14H,2-11H2,1H3. The highest BCUT2D eigenvalue weighted by atomic mass is 16.5. The van der Waals surface area contributed by atoms with Gasteiger partial charge >= 0.3 is 0 Å². The van der Waals surface area contributed by atoms with Gasteiger partial charge < -0.3 is 4.74 Å². The normalized spacial score (nSPS) is 33.8. The van der Waals surface area contributed by atoms with Crippen LogP contribution in [0.3, 0.4) is 0 Å². The summed E-state index contributed by atoms with van der Waals surface area (Å²) in [5, 5.41) is 0. The van der Waals surface area contributed by atoms with Crippen molar-refractivity contribution in [1.29, 1.82) is 0 Å². The van der Waals surface area contributed by atoms with Crippen LogP contribution in [0.2, 0.25) is 0 Å². The van der Waals surface area contributed by atoms with Crippen molar-refractivity contribution >= 4 is 5.78 Å². The maximum atomic E-state index is 12.1. The zero-order valence-corrected chi connectivity index (χ0v) is 11.1. The number of ether oxygens (including phenoxy) is 1. The van der Waals surface area contributed by atoms with E-state index in [4.69, 9.17) is 4.74 Å². The largest absolute Gasteiger partial charge is 0.378 e. The minimum Gasteiger partial charge on any atom is -0.378 e. The number of ketones is 1. The molecule has 1 aliphatic carbocycles. The topological polar surface area (TPSA) is 26.3 Å². The van der Waals surface area contributed by atoms with E-state index in [0.29, 0.717) is 17.8 Å². The highest BCUT2D eigenvalue weighted by Crippen LogP contribution is 2.30. The van der Waals surface area contributed by atoms with Crippen LogP contribution in [0.25, 0.3) is 0 Å². The van der Waals surface area contributed by atoms with Gasteiger partial charge in [-0.15, -0.1) is 0 Å². The fourth-order valence-corrected chi connectivity index (χ4v) is 3.31. The first-order valence-corrected chi connectivity index (χ1v) is 7.40. The summed E-state index contributed by atoms with van der Waals surface area (Å²) < 4.78 is 5.59. The second-order valence-electron chi connectivity index (χ2n) is 5.96. The molecule has 2 heteroatoms. The van der Waals surface area contributed by atoms with Crippen LogP contribution >= 0.6 is 0 Å². The molecule has 0 spiro atoms. The van der Waals surface area contributed by atoms with Gasteiger partial charge in [0.25, 0.3) is 0 Å². The Morgan fingerprint density at radius 1 is 1.24 bits per heavy atom. The van der Waals surface area contributed by atoms with E-state index < -0.39 is 0 Å². The summed E-state index contributed by atoms with van der Waals surface area (Å²) in [4.78, 5) is 12.1. The van der Waals surface area contributed by atoms with Gasteiger partial charge in [-0.05, 0) is 44.4 Å². The fourth-order valence-electron chi connectivity index (χ4n) is 3.31. The van der Waals surface area contributed by atoms with Gasteiger partial charge in [0.05, 0.1) is 6.10 Å². The second-order valence-corrected chi connectivity index (χ2v) is 5.96. The molecule has 2 nitrogen and oxygen atoms in total. The SMILES string of the molecule is CC1CCCC(C(=O)CCCC2CCCO2)C1. The predicted molar refractivity (Wildman–Crippen MR) is 69.0 cm³/mol. The molecule has 1 saturated carbocycles. The summed E-state index contributed by atoms with van der Waals surface area (Å²) in [6.07, 6.45) is 10.6. The average Bonchev–Trinajstić information content (AvgIpc) is 2.82. The van der Waals surface area contributed by atoms with Crippen molar-refractivity contribution < 1.29 is 9.53 Å². The Hall–Kier alpha value is -0.370. The van der Waals surface area contributed by atoms with Crippen LogP contribution in [0.15, 0.2) is 0 Å². The average molecular weight is 238 g/mol. The number of carbonyl (C=O) groups excluding carboxylic acids is 1. The first-order valence-electron chi connectivity index (χ1n) is 7.40. The van der Waals surface area contributed by atoms with Gasteiger partial charge in [0.1, 0.15) is 5.78 Å². The minimum atomic E-state index is 0.378. The van der Waals surface area contributed by atoms with Crippen LogP contribution in [-0.2, 0) is 9.53 Å². The van der Waals surface area contributed by atoms with Crippen molar-refractivity contribution in [2.24, 2.45) is 11.8 Å². The van der Waals surface area contributed by atoms with Gasteiger partial charge in [0.15, 0.2) is 0 Å². The summed E-state index contributed by atoms with van der Waals surface area (Å²) in [5.74, 6) is 1.66. The first-order chi connectivity index (χ1) is 8.25. The van der Waals surface area contributed by atoms with E-state index in [1.54, 1.807) is 0 Å². The Kier molecular flexibility index (Phi) is 5.02. The van der Waals surface area contributed by atoms with Crippen LogP contribution < -0.4 is 0 Å². The number of Topliss-reactive ketones (excluding diaryl/α,β-unsaturated/α-hetero) is 1. The summed E-state index contributed by atoms with van der Waals surface area (Å²) in [6, 6.07) is 0. The van der Waals surface area contributed by atoms with Crippen molar-refractivity contribution in [3.05, 3.63) is 0 Å². The molecule has 2 rings (SSSR count). The number of hydrogen-bond acceptors (Lipinski definition) is 2. The van der Waals surface area contributed by atoms with E-state index in [1.807, 2.05) is 0 Å². The van der Waals surface area contributed by atoms with Crippen LogP contribution in [0.5, 0.6) is 0 Å². The van der Waals surface area contributed by atoms with Crippen molar-refractivity contribution in [3.8, 4) is 0 Å². The van der Waals surface area contributed by atoms with E-state index >= 15 is 0 Å². The first kappa shape index (κ1) is 13.1. The Morgan fingerprint density at radius 2 is 2.12 bits per heavy atom. The molecule has 0 aromatic heterocycles. The van der Waals surface area contributed by atoms with E-state index in [2.05, 4.69) is 6.92 Å². The number of rotatable bonds is 5. The number of hydrogen-bond donors (Lipinski definition) is 0. The third kappa shape index (κ3) is 4.09. The molecule has 0 aromatic carbocycles. The number of carbonyl (C=O) groups is 1. The lowest BCUT2D eigenvalue weighted by atomic mass is 9.79. The lowest BCUT2D eigenvalue weighted by molar-refractivity contribution is -0.124. The fraction of sp³-hybridized carbons (Fsp3) is 0.933. The van der Waals surface area contributed by atoms with Crippen molar-refractivity contribution in [2.75, 3.05) is 6.61 Å². The Labute approximate surface area is 105 Å². The van der Waals surface area contributed by atoms with Gasteiger partial charge in [-0.2, -0.15) is 0 Å². The van der Waals surface area contributed by atoms with Crippen LogP contribution in [0.4, 0.5) is 0 Å². The lowest BCUT2D eigenvalue weighted by Gasteiger charge is -2.25. The zero-order valence-electron chi connectivity index (χ0n) is 11.1. The second kappa shape index (κ2) is 6.53. The van der Waals surface area contributed by atoms with E-state index in [-0.39, 0.29) is 0 Å². The smallest absolute Gasteiger partial charge is 0.135 e. The molecular weight excluding hydrogens is 212 g/mol. The van der Waals surface area contributed by atoms with Gasteiger partial charge in [0.2, 0.25) is 0 Å². The molecule has 1 aliphatic heterocycles. The molecule has 3 atom stereocenters. The molecule has 0 radical (unpaired) electrons. The predicted octanol–water partition coefficient (Wildman–Crippen LogP) is 3.73. The molecule has 2 fully saturated rings. The molecule has 1 heterocycles. The summed E-state index contributed by atoms with van der Waals surface area (Å²) >= 11 is 0. The lowest BCUT2D eigenvalue weighted by Crippen LogP contribution is -2.21. The highest BCUT2D eigenvalue weighted by molar-refractivity contribution is 5.81. The van der Waals surface area contributed by atoms with Gasteiger partial charge in [0, 0.05) is 18.9 Å². The molecule has 0 aromatic rings. The molecule has 0 bridgehead atoms. The molecule has 0 amide bonds. The Bertz CT molecular complexity index is 243. The third-order valence-corrected chi connectivity index (χ3v) is 4.37. The van der Waals surface area contributed by atoms with Gasteiger partial charge in [-0.3, -0.25) is 4.79 Å². The molecule has 98 valence electrons. The zero-order chi connectivity index (χ0) is 12.1. The van der Waals surface area contributed by atoms with Crippen molar-refractivity contribution in [3.63, 3.8) is 0 Å². The minimum absolute atomic E-state index is 0.378. The van der Waals surface area contributed by atoms with E-state index in [1.165, 1.54) is 25.7 Å². The quantitative estimate of drug-likeness (QED) is 0.729. The molecule has 17 heavy (non-hydrogen) atoms. The van der Waals surface area contributed by atoms with Crippen molar-refractivity contribution in [1.82, 2.24) is 0 Å². The molecule has 2 aliphatic rings. The van der Waals surface area contributed by atoms with Crippen LogP contribution in [0, 0.1) is 11.8 Å². The third-order valence-electron chi connectivity index (χ3n) is 4.37. The Balaban J connectivity index is 1.62. The molecule has 1 saturated heterocycles. The van der Waals surface area contributed by atoms with Crippen molar-refractivity contribution in [2.45, 2.75) is 70.8 Å². The molecular formula is C15H26O2. The molecule has 0 N–H and O–H groups in total. The highest BCUT2D eigenvalue weighted by Gasteiger charge is 2.24. The van der Waals surface area contributed by atoms with Gasteiger partial charge in [-0.1, -0.05) is 19.8 Å². The summed E-state index contributed by atoms with van der Waals surface area (Å²) in [6.45, 7) is 3.21. The van der Waals surface area contributed by atoms with Crippen LogP contribution in [-0.4, -0.2) is 18.5 Å². The monoisotopic (exact) mass is 238 g/mol. The van der Waals surface area contributed by atoms with E-state index in [9.17, 15) is 4.79 Å². The summed E-state index contributed by atoms with van der Waals surface area (Å²) in [7, 11) is 0. The maximum Gasteiger partial charge on any atom is 0.135 e. The van der Waals surface area contributed by atoms with E-state index in [0.717, 1.165) is 44.6 Å². The maximum absolute atomic E-state index is 12.1. The molecule has 3 unspecified atom stereocenters. The van der Waals surface area contributed by atoms with Gasteiger partial charge in [-0.25, -0.2) is 0 Å². The van der Waals surface area contributed by atoms with Crippen LogP contribution in [0.1, 0.15) is 64.7 Å². The summed E-state index contributed by atoms with van der Waals surface area (Å²) in [5.41, 5.74) is 0.